The van der Waals surface area contributed by atoms with Crippen LogP contribution >= 0.6 is 20.2 Å². The maximum atomic E-state index is 8.88. The Morgan fingerprint density at radius 1 is 1.11 bits per heavy atom. The molecule has 0 aliphatic heterocycles. The van der Waals surface area contributed by atoms with Gasteiger partial charge in [0.05, 0.1) is 0 Å². The Morgan fingerprint density at radius 3 is 1.11 bits per heavy atom. The van der Waals surface area contributed by atoms with E-state index in [1.165, 1.54) is 0 Å². The molecule has 0 aliphatic carbocycles. The van der Waals surface area contributed by atoms with Gasteiger partial charge in [0.15, 0.2) is 0 Å². The van der Waals surface area contributed by atoms with Crippen molar-refractivity contribution < 1.29 is 19.2 Å². The first-order chi connectivity index (χ1) is 2.00. The van der Waals surface area contributed by atoms with Gasteiger partial charge in [-0.3, -0.25) is 0 Å². The first kappa shape index (κ1) is 29.4. The van der Waals surface area contributed by atoms with Crippen molar-refractivity contribution in [1.29, 1.82) is 0 Å². The molecule has 0 fully saturated rings. The van der Waals surface area contributed by atoms with Gasteiger partial charge in [0, 0.05) is 0 Å². The Labute approximate surface area is 127 Å². The first-order valence-corrected chi connectivity index (χ1v) is 2.35. The van der Waals surface area contributed by atoms with E-state index in [2.05, 4.69) is 0 Å². The molecule has 3 N–H and O–H groups in total. The van der Waals surface area contributed by atoms with Crippen LogP contribution in [0.2, 0.25) is 0 Å². The summed E-state index contributed by atoms with van der Waals surface area (Å²) in [6.07, 6.45) is 0. The fourth-order valence-corrected chi connectivity index (χ4v) is 0. The van der Waals surface area contributed by atoms with Crippen molar-refractivity contribution >= 4 is 111 Å². The normalized spacial score (nSPS) is 6.56. The minimum absolute atomic E-state index is 0. The van der Waals surface area contributed by atoms with E-state index in [1.54, 1.807) is 0 Å². The molecule has 0 heterocycles. The van der Waals surface area contributed by atoms with E-state index in [4.69, 9.17) is 19.2 Å². The summed E-state index contributed by atoms with van der Waals surface area (Å²) in [6, 6.07) is 0. The van der Waals surface area contributed by atoms with Gasteiger partial charge in [-0.1, -0.05) is 0 Å². The molecule has 0 aromatic carbocycles. The van der Waals surface area contributed by atoms with E-state index in [0.717, 1.165) is 0 Å². The zero-order valence-electron chi connectivity index (χ0n) is 2.61. The maximum absolute atomic E-state index is 8.88. The molecule has 9 heteroatoms. The first-order valence-electron chi connectivity index (χ1n) is 0.783. The molecule has 0 saturated carbocycles. The topological polar surface area (TPSA) is 77.8 Å². The van der Waals surface area contributed by atoms with Crippen molar-refractivity contribution in [3.63, 3.8) is 0 Å². The van der Waals surface area contributed by atoms with Crippen LogP contribution in [0, 0.1) is 0 Å². The summed E-state index contributed by atoms with van der Waals surface area (Å²) >= 11 is 0. The zero-order chi connectivity index (χ0) is 4.50. The van der Waals surface area contributed by atoms with Crippen molar-refractivity contribution in [2.24, 2.45) is 0 Å². The molecule has 0 bridgehead atoms. The SMILES string of the molecule is Cl.O=P(O)(O)O.[CaH2].[MgH2].[NaH]. The molecule has 0 saturated heterocycles. The predicted molar refractivity (Wildman–Crippen MR) is 45.7 cm³/mol. The number of hydrogen-bond acceptors (Lipinski definition) is 1. The average Bonchev–Trinajstić information content (AvgIpc) is 0.722. The summed E-state index contributed by atoms with van der Waals surface area (Å²) in [5.74, 6) is 0. The second-order valence-corrected chi connectivity index (χ2v) is 1.54. The summed E-state index contributed by atoms with van der Waals surface area (Å²) < 4.78 is 8.88. The van der Waals surface area contributed by atoms with E-state index in [1.807, 2.05) is 0 Å². The number of rotatable bonds is 0. The van der Waals surface area contributed by atoms with Crippen LogP contribution in [0.4, 0.5) is 0 Å². The number of hydrogen-bond donors (Lipinski definition) is 3. The molecular weight excluding hydrogens is 218 g/mol. The third kappa shape index (κ3) is 86.5. The second kappa shape index (κ2) is 14.0. The Balaban J connectivity index is -0.0000000133. The van der Waals surface area contributed by atoms with E-state index >= 15 is 0 Å². The monoisotopic (exact) mass is 226 g/mol. The predicted octanol–water partition coefficient (Wildman–Crippen LogP) is -2.99. The molecule has 0 aromatic heterocycles. The standard InChI is InChI=1S/Ca.ClH.Mg.Na.H3O4P.5H/c;;;;1-5(2,3)4;;;;;/h;1H;;;(H3,1,2,3,4);;;;;. The Bertz CT molecular complexity index is 66.7. The van der Waals surface area contributed by atoms with Crippen molar-refractivity contribution in [2.45, 2.75) is 0 Å². The molecule has 50 valence electrons. The fraction of sp³-hybridized carbons (Fsp3) is 0. The molecule has 0 rings (SSSR count). The average molecular weight is 227 g/mol. The Kier molecular flexibility index (Phi) is 45.7. The van der Waals surface area contributed by atoms with Crippen molar-refractivity contribution in [3.8, 4) is 0 Å². The van der Waals surface area contributed by atoms with Crippen LogP contribution in [0.25, 0.3) is 0 Å². The molecule has 0 unspecified atom stereocenters. The summed E-state index contributed by atoms with van der Waals surface area (Å²) in [5, 5.41) is 0. The zero-order valence-corrected chi connectivity index (χ0v) is 4.32. The van der Waals surface area contributed by atoms with E-state index in [0.29, 0.717) is 0 Å². The molecule has 0 amide bonds. The number of phosphoric acid groups is 1. The van der Waals surface area contributed by atoms with Gasteiger partial charge in [0.2, 0.25) is 0 Å². The van der Waals surface area contributed by atoms with Crippen molar-refractivity contribution in [3.05, 3.63) is 0 Å². The molecular formula is H9CaClMgNaO4P. The molecule has 0 radical (unpaired) electrons. The molecule has 0 atom stereocenters. The van der Waals surface area contributed by atoms with E-state index < -0.39 is 7.82 Å². The van der Waals surface area contributed by atoms with Gasteiger partial charge in [-0.05, 0) is 0 Å². The molecule has 9 heavy (non-hydrogen) atoms. The van der Waals surface area contributed by atoms with Crippen LogP contribution in [0.15, 0.2) is 0 Å². The summed E-state index contributed by atoms with van der Waals surface area (Å²) in [4.78, 5) is 21.6. The van der Waals surface area contributed by atoms with Crippen molar-refractivity contribution in [1.82, 2.24) is 0 Å². The van der Waals surface area contributed by atoms with Crippen LogP contribution in [0.1, 0.15) is 0 Å². The van der Waals surface area contributed by atoms with E-state index in [9.17, 15) is 0 Å². The van der Waals surface area contributed by atoms with Crippen molar-refractivity contribution in [2.75, 3.05) is 0 Å². The van der Waals surface area contributed by atoms with Gasteiger partial charge < -0.3 is 14.7 Å². The summed E-state index contributed by atoms with van der Waals surface area (Å²) in [7, 11) is -4.64. The molecule has 4 nitrogen and oxygen atoms in total. The number of halogens is 1. The second-order valence-electron chi connectivity index (χ2n) is 0.513. The van der Waals surface area contributed by atoms with Gasteiger partial charge >= 0.3 is 98.2 Å². The third-order valence-corrected chi connectivity index (χ3v) is 0. The molecule has 0 aliphatic rings. The summed E-state index contributed by atoms with van der Waals surface area (Å²) in [6.45, 7) is 0. The Morgan fingerprint density at radius 2 is 1.11 bits per heavy atom. The van der Waals surface area contributed by atoms with E-state index in [-0.39, 0.29) is 103 Å². The Hall–Kier alpha value is 3.43. The van der Waals surface area contributed by atoms with Crippen LogP contribution < -0.4 is 0 Å². The van der Waals surface area contributed by atoms with Gasteiger partial charge in [0.25, 0.3) is 0 Å². The van der Waals surface area contributed by atoms with Crippen LogP contribution in [0.3, 0.4) is 0 Å². The van der Waals surface area contributed by atoms with Gasteiger partial charge in [-0.2, -0.15) is 0 Å². The van der Waals surface area contributed by atoms with Gasteiger partial charge in [-0.15, -0.1) is 12.4 Å². The summed E-state index contributed by atoms with van der Waals surface area (Å²) in [5.41, 5.74) is 0. The minimum atomic E-state index is -4.64. The van der Waals surface area contributed by atoms with Gasteiger partial charge in [-0.25, -0.2) is 4.57 Å². The quantitative estimate of drug-likeness (QED) is 0.304. The van der Waals surface area contributed by atoms with Gasteiger partial charge in [0.1, 0.15) is 0 Å². The molecule has 0 spiro atoms. The van der Waals surface area contributed by atoms with Crippen LogP contribution in [-0.2, 0) is 4.57 Å². The fourth-order valence-electron chi connectivity index (χ4n) is 0. The third-order valence-electron chi connectivity index (χ3n) is 0. The van der Waals surface area contributed by atoms with Crippen LogP contribution in [0.5, 0.6) is 0 Å². The van der Waals surface area contributed by atoms with Crippen LogP contribution in [-0.4, -0.2) is 105 Å². The molecule has 0 aromatic rings.